The number of aryl methyl sites for hydroxylation is 1. The van der Waals surface area contributed by atoms with Gasteiger partial charge in [-0.2, -0.15) is 0 Å². The third-order valence-electron chi connectivity index (χ3n) is 3.53. The molecule has 1 unspecified atom stereocenters. The van der Waals surface area contributed by atoms with Crippen molar-refractivity contribution in [1.82, 2.24) is 5.32 Å². The molecule has 0 saturated carbocycles. The van der Waals surface area contributed by atoms with Crippen LogP contribution >= 0.6 is 23.2 Å². The van der Waals surface area contributed by atoms with Crippen LogP contribution in [0.2, 0.25) is 10.0 Å². The van der Waals surface area contributed by atoms with Gasteiger partial charge in [-0.25, -0.2) is 0 Å². The number of rotatable bonds is 3. The molecule has 0 aliphatic heterocycles. The average molecular weight is 294 g/mol. The van der Waals surface area contributed by atoms with Gasteiger partial charge in [0, 0.05) is 15.6 Å². The van der Waals surface area contributed by atoms with E-state index in [1.165, 1.54) is 16.7 Å². The molecule has 1 atom stereocenters. The molecule has 3 heteroatoms. The lowest BCUT2D eigenvalue weighted by Crippen LogP contribution is -2.19. The van der Waals surface area contributed by atoms with Gasteiger partial charge in [0.2, 0.25) is 0 Å². The van der Waals surface area contributed by atoms with Crippen molar-refractivity contribution < 1.29 is 0 Å². The summed E-state index contributed by atoms with van der Waals surface area (Å²) in [4.78, 5) is 0. The van der Waals surface area contributed by atoms with E-state index in [1.807, 2.05) is 25.2 Å². The van der Waals surface area contributed by atoms with Crippen molar-refractivity contribution in [3.8, 4) is 0 Å². The van der Waals surface area contributed by atoms with Gasteiger partial charge in [-0.1, -0.05) is 47.5 Å². The first-order chi connectivity index (χ1) is 9.06. The van der Waals surface area contributed by atoms with Gasteiger partial charge in [0.15, 0.2) is 0 Å². The number of hydrogen-bond donors (Lipinski definition) is 1. The van der Waals surface area contributed by atoms with Crippen molar-refractivity contribution in [1.29, 1.82) is 0 Å². The van der Waals surface area contributed by atoms with Crippen LogP contribution in [0.5, 0.6) is 0 Å². The highest BCUT2D eigenvalue weighted by Gasteiger charge is 2.20. The summed E-state index contributed by atoms with van der Waals surface area (Å²) < 4.78 is 0. The van der Waals surface area contributed by atoms with Gasteiger partial charge in [-0.05, 0) is 49.7 Å². The summed E-state index contributed by atoms with van der Waals surface area (Å²) in [5.41, 5.74) is 4.67. The van der Waals surface area contributed by atoms with Crippen LogP contribution in [0, 0.1) is 13.8 Å². The summed E-state index contributed by atoms with van der Waals surface area (Å²) in [6.07, 6.45) is 0. The van der Waals surface area contributed by atoms with Crippen molar-refractivity contribution in [2.75, 3.05) is 7.05 Å². The molecular formula is C16H17Cl2N. The standard InChI is InChI=1S/C16H17Cl2N/c1-10-6-4-7-12(11(10)2)16(19-3)15-13(17)8-5-9-14(15)18/h4-9,16,19H,1-3H3. The average Bonchev–Trinajstić information content (AvgIpc) is 2.38. The van der Waals surface area contributed by atoms with E-state index in [1.54, 1.807) is 0 Å². The minimum absolute atomic E-state index is 0.00102. The van der Waals surface area contributed by atoms with Crippen molar-refractivity contribution in [2.24, 2.45) is 0 Å². The molecular weight excluding hydrogens is 277 g/mol. The molecule has 2 aromatic rings. The van der Waals surface area contributed by atoms with Crippen molar-refractivity contribution in [3.05, 3.63) is 68.7 Å². The number of nitrogens with one attached hydrogen (secondary N) is 1. The lowest BCUT2D eigenvalue weighted by Gasteiger charge is -2.22. The number of hydrogen-bond acceptors (Lipinski definition) is 1. The first-order valence-electron chi connectivity index (χ1n) is 6.23. The maximum atomic E-state index is 6.32. The second kappa shape index (κ2) is 5.96. The monoisotopic (exact) mass is 293 g/mol. The zero-order valence-corrected chi connectivity index (χ0v) is 12.8. The molecule has 2 rings (SSSR count). The molecule has 0 heterocycles. The number of halogens is 2. The molecule has 2 aromatic carbocycles. The molecule has 0 fully saturated rings. The van der Waals surface area contributed by atoms with Crippen molar-refractivity contribution in [2.45, 2.75) is 19.9 Å². The van der Waals surface area contributed by atoms with E-state index in [9.17, 15) is 0 Å². The predicted octanol–water partition coefficient (Wildman–Crippen LogP) is 4.92. The van der Waals surface area contributed by atoms with Gasteiger partial charge >= 0.3 is 0 Å². The predicted molar refractivity (Wildman–Crippen MR) is 83.3 cm³/mol. The lowest BCUT2D eigenvalue weighted by molar-refractivity contribution is 0.687. The topological polar surface area (TPSA) is 12.0 Å². The molecule has 19 heavy (non-hydrogen) atoms. The van der Waals surface area contributed by atoms with Gasteiger partial charge in [0.05, 0.1) is 6.04 Å². The Morgan fingerprint density at radius 2 is 1.53 bits per heavy atom. The molecule has 0 aliphatic carbocycles. The van der Waals surface area contributed by atoms with Crippen LogP contribution in [-0.4, -0.2) is 7.05 Å². The molecule has 100 valence electrons. The Labute approximate surface area is 124 Å². The van der Waals surface area contributed by atoms with Crippen LogP contribution < -0.4 is 5.32 Å². The summed E-state index contributed by atoms with van der Waals surface area (Å²) in [6.45, 7) is 4.24. The Balaban J connectivity index is 2.60. The van der Waals surface area contributed by atoms with E-state index >= 15 is 0 Å². The summed E-state index contributed by atoms with van der Waals surface area (Å²) in [7, 11) is 1.92. The van der Waals surface area contributed by atoms with Gasteiger partial charge in [0.25, 0.3) is 0 Å². The van der Waals surface area contributed by atoms with Crippen molar-refractivity contribution >= 4 is 23.2 Å². The molecule has 0 aromatic heterocycles. The summed E-state index contributed by atoms with van der Waals surface area (Å²) in [6, 6.07) is 11.9. The van der Waals surface area contributed by atoms with Gasteiger partial charge in [-0.3, -0.25) is 0 Å². The van der Waals surface area contributed by atoms with Crippen LogP contribution in [0.3, 0.4) is 0 Å². The van der Waals surface area contributed by atoms with E-state index in [4.69, 9.17) is 23.2 Å². The Morgan fingerprint density at radius 1 is 0.947 bits per heavy atom. The van der Waals surface area contributed by atoms with E-state index < -0.39 is 0 Å². The SMILES string of the molecule is CNC(c1cccc(C)c1C)c1c(Cl)cccc1Cl. The quantitative estimate of drug-likeness (QED) is 0.847. The Morgan fingerprint density at radius 3 is 2.11 bits per heavy atom. The van der Waals surface area contributed by atoms with Gasteiger partial charge in [0.1, 0.15) is 0 Å². The Kier molecular flexibility index (Phi) is 4.51. The Hall–Kier alpha value is -1.02. The molecule has 1 N–H and O–H groups in total. The van der Waals surface area contributed by atoms with Crippen LogP contribution in [0.25, 0.3) is 0 Å². The summed E-state index contributed by atoms with van der Waals surface area (Å²) in [5, 5.41) is 4.69. The molecule has 0 spiro atoms. The minimum Gasteiger partial charge on any atom is -0.309 e. The third-order valence-corrected chi connectivity index (χ3v) is 4.19. The number of benzene rings is 2. The molecule has 0 aliphatic rings. The largest absolute Gasteiger partial charge is 0.309 e. The van der Waals surface area contributed by atoms with E-state index in [0.717, 1.165) is 5.56 Å². The summed E-state index contributed by atoms with van der Waals surface area (Å²) in [5.74, 6) is 0. The van der Waals surface area contributed by atoms with Crippen LogP contribution in [0.4, 0.5) is 0 Å². The smallest absolute Gasteiger partial charge is 0.0606 e. The molecule has 1 nitrogen and oxygen atoms in total. The zero-order chi connectivity index (χ0) is 14.0. The first kappa shape index (κ1) is 14.4. The fourth-order valence-electron chi connectivity index (χ4n) is 2.33. The zero-order valence-electron chi connectivity index (χ0n) is 11.3. The third kappa shape index (κ3) is 2.79. The molecule has 0 radical (unpaired) electrons. The normalized spacial score (nSPS) is 12.5. The maximum absolute atomic E-state index is 6.32. The second-order valence-electron chi connectivity index (χ2n) is 4.65. The highest BCUT2D eigenvalue weighted by Crippen LogP contribution is 2.35. The van der Waals surface area contributed by atoms with E-state index in [2.05, 4.69) is 37.4 Å². The van der Waals surface area contributed by atoms with E-state index in [-0.39, 0.29) is 6.04 Å². The highest BCUT2D eigenvalue weighted by atomic mass is 35.5. The van der Waals surface area contributed by atoms with Gasteiger partial charge in [-0.15, -0.1) is 0 Å². The molecule has 0 amide bonds. The maximum Gasteiger partial charge on any atom is 0.0606 e. The van der Waals surface area contributed by atoms with Gasteiger partial charge < -0.3 is 5.32 Å². The minimum atomic E-state index is 0.00102. The molecule has 0 saturated heterocycles. The highest BCUT2D eigenvalue weighted by molar-refractivity contribution is 6.36. The second-order valence-corrected chi connectivity index (χ2v) is 5.46. The molecule has 0 bridgehead atoms. The summed E-state index contributed by atoms with van der Waals surface area (Å²) >= 11 is 12.6. The van der Waals surface area contributed by atoms with Crippen molar-refractivity contribution in [3.63, 3.8) is 0 Å². The fraction of sp³-hybridized carbons (Fsp3) is 0.250. The fourth-order valence-corrected chi connectivity index (χ4v) is 2.94. The first-order valence-corrected chi connectivity index (χ1v) is 6.99. The van der Waals surface area contributed by atoms with E-state index in [0.29, 0.717) is 10.0 Å². The van der Waals surface area contributed by atoms with Crippen LogP contribution in [-0.2, 0) is 0 Å². The lowest BCUT2D eigenvalue weighted by atomic mass is 9.92. The van der Waals surface area contributed by atoms with Crippen LogP contribution in [0.15, 0.2) is 36.4 Å². The van der Waals surface area contributed by atoms with Crippen LogP contribution in [0.1, 0.15) is 28.3 Å². The Bertz CT molecular complexity index is 573.